The fraction of sp³-hybridized carbons (Fsp3) is 0.923. The number of hydrogen-bond acceptors (Lipinski definition) is 1. The fourth-order valence-electron chi connectivity index (χ4n) is 4.74. The molecule has 0 aromatic heterocycles. The number of nitrogens with one attached hydrogen (secondary N) is 1. The van der Waals surface area contributed by atoms with Crippen LogP contribution in [0.3, 0.4) is 0 Å². The Morgan fingerprint density at radius 3 is 2.06 bits per heavy atom. The summed E-state index contributed by atoms with van der Waals surface area (Å²) in [5.41, 5.74) is 0.000802. The number of carbonyl (C=O) groups excluding carboxylic acids is 1. The number of halogens is 1. The molecular weight excluding hydrogens is 222 g/mol. The summed E-state index contributed by atoms with van der Waals surface area (Å²) in [5, 5.41) is 3.02. The highest BCUT2D eigenvalue weighted by Crippen LogP contribution is 2.60. The summed E-state index contributed by atoms with van der Waals surface area (Å²) in [5.74, 6) is 3.35. The highest BCUT2D eigenvalue weighted by atomic mass is 35.5. The zero-order valence-electron chi connectivity index (χ0n) is 9.68. The molecule has 0 radical (unpaired) electrons. The standard InChI is InChI=1S/C13H20ClNO/c14-1-2-15-12(16)13-6-9-3-10(7-13)5-11(4-9)8-13/h9-11H,1-8H2,(H,15,16). The molecule has 3 heteroatoms. The molecule has 4 aliphatic rings. The van der Waals surface area contributed by atoms with Gasteiger partial charge in [0, 0.05) is 17.8 Å². The lowest BCUT2D eigenvalue weighted by molar-refractivity contribution is -0.146. The van der Waals surface area contributed by atoms with Gasteiger partial charge in [0.1, 0.15) is 0 Å². The van der Waals surface area contributed by atoms with E-state index in [1.54, 1.807) is 0 Å². The van der Waals surface area contributed by atoms with Crippen LogP contribution in [-0.4, -0.2) is 18.3 Å². The van der Waals surface area contributed by atoms with E-state index in [4.69, 9.17) is 11.6 Å². The van der Waals surface area contributed by atoms with Crippen LogP contribution in [0.25, 0.3) is 0 Å². The molecule has 0 aromatic rings. The molecule has 1 amide bonds. The van der Waals surface area contributed by atoms with Gasteiger partial charge in [-0.15, -0.1) is 11.6 Å². The van der Waals surface area contributed by atoms with E-state index < -0.39 is 0 Å². The van der Waals surface area contributed by atoms with Gasteiger partial charge in [0.15, 0.2) is 0 Å². The SMILES string of the molecule is O=C(NCCCl)C12CC3CC(CC(C3)C1)C2. The van der Waals surface area contributed by atoms with Crippen LogP contribution in [-0.2, 0) is 4.79 Å². The molecule has 90 valence electrons. The van der Waals surface area contributed by atoms with Crippen molar-refractivity contribution in [3.8, 4) is 0 Å². The molecule has 4 saturated carbocycles. The summed E-state index contributed by atoms with van der Waals surface area (Å²) in [6.45, 7) is 0.627. The van der Waals surface area contributed by atoms with Gasteiger partial charge in [-0.2, -0.15) is 0 Å². The van der Waals surface area contributed by atoms with Crippen LogP contribution < -0.4 is 5.32 Å². The zero-order chi connectivity index (χ0) is 11.2. The fourth-order valence-corrected chi connectivity index (χ4v) is 4.83. The maximum atomic E-state index is 12.3. The highest BCUT2D eigenvalue weighted by Gasteiger charge is 2.54. The van der Waals surface area contributed by atoms with Crippen LogP contribution in [0, 0.1) is 23.2 Å². The second-order valence-corrected chi connectivity index (χ2v) is 6.52. The first kappa shape index (κ1) is 10.9. The number of rotatable bonds is 3. The average molecular weight is 242 g/mol. The minimum atomic E-state index is 0.000802. The second kappa shape index (κ2) is 3.90. The van der Waals surface area contributed by atoms with Crippen molar-refractivity contribution in [3.05, 3.63) is 0 Å². The van der Waals surface area contributed by atoms with Gasteiger partial charge in [-0.1, -0.05) is 0 Å². The molecule has 0 heterocycles. The zero-order valence-corrected chi connectivity index (χ0v) is 10.4. The smallest absolute Gasteiger partial charge is 0.226 e. The van der Waals surface area contributed by atoms with E-state index in [0.29, 0.717) is 18.3 Å². The van der Waals surface area contributed by atoms with E-state index in [9.17, 15) is 4.79 Å². The second-order valence-electron chi connectivity index (χ2n) is 6.14. The summed E-state index contributed by atoms with van der Waals surface area (Å²) < 4.78 is 0. The van der Waals surface area contributed by atoms with Gasteiger partial charge >= 0.3 is 0 Å². The van der Waals surface area contributed by atoms with Crippen molar-refractivity contribution in [2.75, 3.05) is 12.4 Å². The molecule has 0 saturated heterocycles. The van der Waals surface area contributed by atoms with Crippen molar-refractivity contribution in [3.63, 3.8) is 0 Å². The van der Waals surface area contributed by atoms with Crippen LogP contribution >= 0.6 is 11.6 Å². The average Bonchev–Trinajstić information content (AvgIpc) is 2.24. The summed E-state index contributed by atoms with van der Waals surface area (Å²) in [6.07, 6.45) is 7.61. The van der Waals surface area contributed by atoms with Crippen LogP contribution in [0.1, 0.15) is 38.5 Å². The number of hydrogen-bond donors (Lipinski definition) is 1. The van der Waals surface area contributed by atoms with Crippen molar-refractivity contribution in [2.24, 2.45) is 23.2 Å². The van der Waals surface area contributed by atoms with E-state index in [1.165, 1.54) is 19.3 Å². The molecule has 4 bridgehead atoms. The van der Waals surface area contributed by atoms with Gasteiger partial charge in [-0.25, -0.2) is 0 Å². The molecular formula is C13H20ClNO. The lowest BCUT2D eigenvalue weighted by Gasteiger charge is -2.55. The molecule has 4 rings (SSSR count). The Hall–Kier alpha value is -0.240. The summed E-state index contributed by atoms with van der Waals surface area (Å²) in [7, 11) is 0. The number of carbonyl (C=O) groups is 1. The Labute approximate surface area is 102 Å². The van der Waals surface area contributed by atoms with Crippen molar-refractivity contribution in [2.45, 2.75) is 38.5 Å². The third-order valence-corrected chi connectivity index (χ3v) is 5.09. The lowest BCUT2D eigenvalue weighted by atomic mass is 9.49. The number of alkyl halides is 1. The Bertz CT molecular complexity index is 267. The van der Waals surface area contributed by atoms with Crippen LogP contribution in [0.5, 0.6) is 0 Å². The number of amides is 1. The monoisotopic (exact) mass is 241 g/mol. The highest BCUT2D eigenvalue weighted by molar-refractivity contribution is 6.18. The third kappa shape index (κ3) is 1.66. The molecule has 16 heavy (non-hydrogen) atoms. The molecule has 0 spiro atoms. The Kier molecular flexibility index (Phi) is 2.66. The quantitative estimate of drug-likeness (QED) is 0.756. The topological polar surface area (TPSA) is 29.1 Å². The van der Waals surface area contributed by atoms with Crippen molar-refractivity contribution >= 4 is 17.5 Å². The Morgan fingerprint density at radius 1 is 1.12 bits per heavy atom. The molecule has 4 fully saturated rings. The maximum Gasteiger partial charge on any atom is 0.226 e. The van der Waals surface area contributed by atoms with Crippen molar-refractivity contribution < 1.29 is 4.79 Å². The van der Waals surface area contributed by atoms with Gasteiger partial charge in [0.25, 0.3) is 0 Å². The molecule has 0 aliphatic heterocycles. The van der Waals surface area contributed by atoms with Gasteiger partial charge in [0.2, 0.25) is 5.91 Å². The molecule has 0 aromatic carbocycles. The van der Waals surface area contributed by atoms with Gasteiger partial charge in [0.05, 0.1) is 0 Å². The Balaban J connectivity index is 1.75. The first-order chi connectivity index (χ1) is 7.72. The van der Waals surface area contributed by atoms with Crippen molar-refractivity contribution in [1.82, 2.24) is 5.32 Å². The summed E-state index contributed by atoms with van der Waals surface area (Å²) >= 11 is 5.64. The maximum absolute atomic E-state index is 12.3. The van der Waals surface area contributed by atoms with Gasteiger partial charge in [-0.3, -0.25) is 4.79 Å². The normalized spacial score (nSPS) is 44.7. The van der Waals surface area contributed by atoms with E-state index in [2.05, 4.69) is 5.32 Å². The molecule has 4 aliphatic carbocycles. The Morgan fingerprint density at radius 2 is 1.62 bits per heavy atom. The molecule has 0 unspecified atom stereocenters. The van der Waals surface area contributed by atoms with Crippen LogP contribution in [0.15, 0.2) is 0 Å². The predicted molar refractivity (Wildman–Crippen MR) is 64.3 cm³/mol. The predicted octanol–water partition coefficient (Wildman–Crippen LogP) is 2.56. The van der Waals surface area contributed by atoms with Crippen LogP contribution in [0.2, 0.25) is 0 Å². The van der Waals surface area contributed by atoms with E-state index in [0.717, 1.165) is 37.0 Å². The van der Waals surface area contributed by atoms with Gasteiger partial charge < -0.3 is 5.32 Å². The van der Waals surface area contributed by atoms with E-state index in [1.807, 2.05) is 0 Å². The third-order valence-electron chi connectivity index (χ3n) is 4.90. The molecule has 2 nitrogen and oxygen atoms in total. The summed E-state index contributed by atoms with van der Waals surface area (Å²) in [6, 6.07) is 0. The van der Waals surface area contributed by atoms with Gasteiger partial charge in [-0.05, 0) is 56.3 Å². The summed E-state index contributed by atoms with van der Waals surface area (Å²) in [4.78, 5) is 12.3. The lowest BCUT2D eigenvalue weighted by Crippen LogP contribution is -2.53. The van der Waals surface area contributed by atoms with E-state index in [-0.39, 0.29) is 5.41 Å². The first-order valence-corrected chi connectivity index (χ1v) is 7.09. The minimum absolute atomic E-state index is 0.000802. The molecule has 0 atom stereocenters. The molecule has 1 N–H and O–H groups in total. The first-order valence-electron chi connectivity index (χ1n) is 6.56. The van der Waals surface area contributed by atoms with Crippen LogP contribution in [0.4, 0.5) is 0 Å². The minimum Gasteiger partial charge on any atom is -0.354 e. The van der Waals surface area contributed by atoms with E-state index >= 15 is 0 Å². The van der Waals surface area contributed by atoms with Crippen molar-refractivity contribution in [1.29, 1.82) is 0 Å². The largest absolute Gasteiger partial charge is 0.354 e.